The number of esters is 1. The molecule has 0 spiro atoms. The average Bonchev–Trinajstić information content (AvgIpc) is 3.26. The van der Waals surface area contributed by atoms with Crippen molar-refractivity contribution in [3.05, 3.63) is 87.7 Å². The summed E-state index contributed by atoms with van der Waals surface area (Å²) in [5, 5.41) is 22.9. The number of nitrogens with zero attached hydrogens (tertiary/aromatic N) is 2. The lowest BCUT2D eigenvalue weighted by molar-refractivity contribution is -0.384. The number of non-ortho nitro benzene ring substituents is 1. The summed E-state index contributed by atoms with van der Waals surface area (Å²) in [5.74, 6) is -0.649. The molecule has 0 unspecified atom stereocenters. The number of rotatable bonds is 7. The Morgan fingerprint density at radius 1 is 1.19 bits per heavy atom. The molecule has 3 rings (SSSR count). The summed E-state index contributed by atoms with van der Waals surface area (Å²) in [6.07, 6.45) is 1.26. The molecule has 32 heavy (non-hydrogen) atoms. The molecule has 9 nitrogen and oxygen atoms in total. The molecule has 0 saturated carbocycles. The zero-order chi connectivity index (χ0) is 23.1. The fraction of sp³-hybridized carbons (Fsp3) is 0.0870. The maximum absolute atomic E-state index is 12.5. The first-order chi connectivity index (χ1) is 15.4. The Kier molecular flexibility index (Phi) is 6.78. The predicted molar refractivity (Wildman–Crippen MR) is 115 cm³/mol. The Balaban J connectivity index is 1.78. The van der Waals surface area contributed by atoms with Crippen LogP contribution in [0.15, 0.2) is 70.7 Å². The number of nitrogens with one attached hydrogen (secondary N) is 1. The minimum Gasteiger partial charge on any atom is -0.462 e. The van der Waals surface area contributed by atoms with Crippen molar-refractivity contribution in [1.29, 1.82) is 5.26 Å². The molecule has 1 heterocycles. The van der Waals surface area contributed by atoms with Crippen LogP contribution in [0.3, 0.4) is 0 Å². The molecule has 1 aromatic heterocycles. The van der Waals surface area contributed by atoms with Crippen molar-refractivity contribution in [2.45, 2.75) is 6.92 Å². The summed E-state index contributed by atoms with van der Waals surface area (Å²) < 4.78 is 10.6. The van der Waals surface area contributed by atoms with Gasteiger partial charge in [-0.05, 0) is 37.3 Å². The number of benzene rings is 2. The zero-order valence-electron chi connectivity index (χ0n) is 16.9. The summed E-state index contributed by atoms with van der Waals surface area (Å²) in [4.78, 5) is 34.8. The number of amides is 1. The first-order valence-electron chi connectivity index (χ1n) is 9.46. The summed E-state index contributed by atoms with van der Waals surface area (Å²) in [6.45, 7) is 1.91. The van der Waals surface area contributed by atoms with Crippen molar-refractivity contribution in [3.63, 3.8) is 0 Å². The second-order valence-corrected chi connectivity index (χ2v) is 6.43. The van der Waals surface area contributed by atoms with Gasteiger partial charge in [0.15, 0.2) is 0 Å². The highest BCUT2D eigenvalue weighted by Crippen LogP contribution is 2.26. The van der Waals surface area contributed by atoms with E-state index in [1.54, 1.807) is 43.3 Å². The highest BCUT2D eigenvalue weighted by Gasteiger charge is 2.14. The molecule has 160 valence electrons. The highest BCUT2D eigenvalue weighted by atomic mass is 16.6. The highest BCUT2D eigenvalue weighted by molar-refractivity contribution is 6.09. The number of hydrogen-bond donors (Lipinski definition) is 1. The molecule has 0 saturated heterocycles. The second kappa shape index (κ2) is 9.86. The molecule has 2 aromatic carbocycles. The van der Waals surface area contributed by atoms with E-state index in [0.717, 1.165) is 0 Å². The minimum atomic E-state index is -0.693. The standard InChI is InChI=1S/C23H17N3O6/c1-2-31-23(28)16-6-3-7-18(11-16)25-22(27)17(14-24)13-20-9-10-21(32-20)15-5-4-8-19(12-15)26(29)30/h3-13H,2H2,1H3,(H,25,27)/b17-13+. The molecule has 0 aliphatic carbocycles. The SMILES string of the molecule is CCOC(=O)c1cccc(NC(=O)/C(C#N)=C/c2ccc(-c3cccc([N+](=O)[O-])c3)o2)c1. The van der Waals surface area contributed by atoms with Gasteiger partial charge in [0, 0.05) is 29.5 Å². The molecule has 3 aromatic rings. The van der Waals surface area contributed by atoms with Crippen molar-refractivity contribution in [2.75, 3.05) is 11.9 Å². The molecule has 1 N–H and O–H groups in total. The van der Waals surface area contributed by atoms with Crippen LogP contribution in [0.1, 0.15) is 23.0 Å². The third-order valence-corrected chi connectivity index (χ3v) is 4.25. The second-order valence-electron chi connectivity index (χ2n) is 6.43. The number of anilines is 1. The topological polar surface area (TPSA) is 135 Å². The van der Waals surface area contributed by atoms with Crippen LogP contribution in [0.5, 0.6) is 0 Å². The summed E-state index contributed by atoms with van der Waals surface area (Å²) >= 11 is 0. The number of nitro groups is 1. The fourth-order valence-electron chi connectivity index (χ4n) is 2.79. The third kappa shape index (κ3) is 5.25. The van der Waals surface area contributed by atoms with Crippen LogP contribution in [0.2, 0.25) is 0 Å². The number of nitriles is 1. The van der Waals surface area contributed by atoms with Gasteiger partial charge in [0.2, 0.25) is 0 Å². The first-order valence-corrected chi connectivity index (χ1v) is 9.46. The summed E-state index contributed by atoms with van der Waals surface area (Å²) in [7, 11) is 0. The largest absolute Gasteiger partial charge is 0.462 e. The van der Waals surface area contributed by atoms with E-state index in [1.165, 1.54) is 30.3 Å². The van der Waals surface area contributed by atoms with Gasteiger partial charge in [-0.2, -0.15) is 5.26 Å². The predicted octanol–water partition coefficient (Wildman–Crippen LogP) is 4.58. The first kappa shape index (κ1) is 22.0. The maximum atomic E-state index is 12.5. The minimum absolute atomic E-state index is 0.0851. The number of carbonyl (C=O) groups excluding carboxylic acids is 2. The van der Waals surface area contributed by atoms with Crippen LogP contribution >= 0.6 is 0 Å². The molecule has 0 atom stereocenters. The van der Waals surface area contributed by atoms with Gasteiger partial charge in [-0.3, -0.25) is 14.9 Å². The molecule has 1 amide bonds. The quantitative estimate of drug-likeness (QED) is 0.190. The molecule has 0 aliphatic heterocycles. The molecule has 0 fully saturated rings. The number of carbonyl (C=O) groups is 2. The Morgan fingerprint density at radius 2 is 1.97 bits per heavy atom. The van der Waals surface area contributed by atoms with Gasteiger partial charge in [0.05, 0.1) is 17.1 Å². The summed E-state index contributed by atoms with van der Waals surface area (Å²) in [5.41, 5.74) is 0.750. The normalized spacial score (nSPS) is 10.8. The smallest absolute Gasteiger partial charge is 0.338 e. The van der Waals surface area contributed by atoms with E-state index in [-0.39, 0.29) is 29.2 Å². The molecule has 0 radical (unpaired) electrons. The van der Waals surface area contributed by atoms with E-state index in [4.69, 9.17) is 9.15 Å². The Labute approximate surface area is 182 Å². The van der Waals surface area contributed by atoms with Crippen molar-refractivity contribution >= 4 is 29.3 Å². The van der Waals surface area contributed by atoms with Gasteiger partial charge in [-0.25, -0.2) is 4.79 Å². The lowest BCUT2D eigenvalue weighted by atomic mass is 10.1. The van der Waals surface area contributed by atoms with Crippen molar-refractivity contribution in [2.24, 2.45) is 0 Å². The van der Waals surface area contributed by atoms with E-state index in [0.29, 0.717) is 17.0 Å². The van der Waals surface area contributed by atoms with Gasteiger partial charge < -0.3 is 14.5 Å². The number of ether oxygens (including phenoxy) is 1. The number of furan rings is 1. The van der Waals surface area contributed by atoms with Gasteiger partial charge >= 0.3 is 5.97 Å². The zero-order valence-corrected chi connectivity index (χ0v) is 16.9. The van der Waals surface area contributed by atoms with Gasteiger partial charge in [-0.15, -0.1) is 0 Å². The lowest BCUT2D eigenvalue weighted by Crippen LogP contribution is -2.14. The van der Waals surface area contributed by atoms with Gasteiger partial charge in [0.1, 0.15) is 23.2 Å². The Bertz CT molecular complexity index is 1250. The van der Waals surface area contributed by atoms with Crippen LogP contribution in [0.25, 0.3) is 17.4 Å². The fourth-order valence-corrected chi connectivity index (χ4v) is 2.79. The van der Waals surface area contributed by atoms with Crippen molar-refractivity contribution < 1.29 is 23.7 Å². The van der Waals surface area contributed by atoms with Gasteiger partial charge in [-0.1, -0.05) is 18.2 Å². The molecule has 0 bridgehead atoms. The van der Waals surface area contributed by atoms with Crippen LogP contribution in [0, 0.1) is 21.4 Å². The molecule has 9 heteroatoms. The van der Waals surface area contributed by atoms with Gasteiger partial charge in [0.25, 0.3) is 11.6 Å². The average molecular weight is 431 g/mol. The monoisotopic (exact) mass is 431 g/mol. The maximum Gasteiger partial charge on any atom is 0.338 e. The van der Waals surface area contributed by atoms with E-state index in [9.17, 15) is 25.0 Å². The Hall–Kier alpha value is -4.71. The number of nitro benzene ring substituents is 1. The van der Waals surface area contributed by atoms with Crippen LogP contribution < -0.4 is 5.32 Å². The molecule has 0 aliphatic rings. The lowest BCUT2D eigenvalue weighted by Gasteiger charge is -2.06. The van der Waals surface area contributed by atoms with E-state index >= 15 is 0 Å². The molecular formula is C23H17N3O6. The van der Waals surface area contributed by atoms with Crippen LogP contribution in [-0.4, -0.2) is 23.4 Å². The summed E-state index contributed by atoms with van der Waals surface area (Å²) in [6, 6.07) is 17.0. The van der Waals surface area contributed by atoms with E-state index < -0.39 is 16.8 Å². The van der Waals surface area contributed by atoms with Crippen molar-refractivity contribution in [1.82, 2.24) is 0 Å². The van der Waals surface area contributed by atoms with E-state index in [2.05, 4.69) is 5.32 Å². The number of hydrogen-bond acceptors (Lipinski definition) is 7. The third-order valence-electron chi connectivity index (χ3n) is 4.25. The van der Waals surface area contributed by atoms with Crippen LogP contribution in [0.4, 0.5) is 11.4 Å². The van der Waals surface area contributed by atoms with Crippen LogP contribution in [-0.2, 0) is 9.53 Å². The van der Waals surface area contributed by atoms with Crippen molar-refractivity contribution in [3.8, 4) is 17.4 Å². The molecular weight excluding hydrogens is 414 g/mol. The Morgan fingerprint density at radius 3 is 2.69 bits per heavy atom. The van der Waals surface area contributed by atoms with E-state index in [1.807, 2.05) is 6.07 Å².